The first-order valence-corrected chi connectivity index (χ1v) is 13.4. The van der Waals surface area contributed by atoms with Crippen molar-refractivity contribution in [1.29, 1.82) is 0 Å². The number of carbonyl (C=O) groups is 1. The van der Waals surface area contributed by atoms with Crippen molar-refractivity contribution in [3.63, 3.8) is 0 Å². The van der Waals surface area contributed by atoms with Gasteiger partial charge >= 0.3 is 12.0 Å². The summed E-state index contributed by atoms with van der Waals surface area (Å²) in [5.74, 6) is 0.162. The topological polar surface area (TPSA) is 110 Å². The van der Waals surface area contributed by atoms with Gasteiger partial charge in [-0.15, -0.1) is 0 Å². The lowest BCUT2D eigenvalue weighted by Gasteiger charge is -2.35. The lowest BCUT2D eigenvalue weighted by molar-refractivity contribution is -0.0592. The summed E-state index contributed by atoms with van der Waals surface area (Å²) in [4.78, 5) is 32.8. The maximum absolute atomic E-state index is 14.2. The summed E-state index contributed by atoms with van der Waals surface area (Å²) in [6.45, 7) is 12.0. The molecule has 0 spiro atoms. The number of hydrogen-bond donors (Lipinski definition) is 1. The predicted molar refractivity (Wildman–Crippen MR) is 148 cm³/mol. The van der Waals surface area contributed by atoms with Crippen LogP contribution in [-0.4, -0.2) is 74.4 Å². The molecule has 0 saturated carbocycles. The van der Waals surface area contributed by atoms with E-state index in [1.165, 1.54) is 12.1 Å². The van der Waals surface area contributed by atoms with Gasteiger partial charge in [0.15, 0.2) is 5.69 Å². The molecule has 1 N–H and O–H groups in total. The highest BCUT2D eigenvalue weighted by Gasteiger charge is 2.25. The number of imidazole rings is 1. The zero-order valence-corrected chi connectivity index (χ0v) is 22.2. The van der Waals surface area contributed by atoms with Crippen LogP contribution in [0.3, 0.4) is 0 Å². The first kappa shape index (κ1) is 26.6. The van der Waals surface area contributed by atoms with E-state index in [0.717, 1.165) is 61.9 Å². The van der Waals surface area contributed by atoms with Gasteiger partial charge in [0.1, 0.15) is 24.1 Å². The Morgan fingerprint density at radius 2 is 1.98 bits per heavy atom. The quantitative estimate of drug-likeness (QED) is 0.306. The van der Waals surface area contributed by atoms with Crippen LogP contribution in [0.15, 0.2) is 48.7 Å². The summed E-state index contributed by atoms with van der Waals surface area (Å²) in [7, 11) is 0. The predicted octanol–water partition coefficient (Wildman–Crippen LogP) is 3.90. The van der Waals surface area contributed by atoms with Crippen LogP contribution in [-0.2, 0) is 24.4 Å². The molecule has 0 radical (unpaired) electrons. The number of piperazine rings is 1. The zero-order valence-electron chi connectivity index (χ0n) is 22.2. The van der Waals surface area contributed by atoms with Gasteiger partial charge in [-0.25, -0.2) is 24.0 Å². The highest BCUT2D eigenvalue weighted by atomic mass is 19.1. The number of aromatic nitrogens is 4. The molecule has 4 aromatic rings. The molecule has 2 saturated heterocycles. The van der Waals surface area contributed by atoms with E-state index in [1.807, 2.05) is 6.07 Å². The summed E-state index contributed by atoms with van der Waals surface area (Å²) in [5.41, 5.74) is 2.39. The molecule has 0 bridgehead atoms. The van der Waals surface area contributed by atoms with E-state index in [9.17, 15) is 14.3 Å². The van der Waals surface area contributed by atoms with Gasteiger partial charge in [0, 0.05) is 44.5 Å². The second-order valence-electron chi connectivity index (χ2n) is 10.1. The molecule has 1 atom stereocenters. The Morgan fingerprint density at radius 1 is 1.15 bits per heavy atom. The van der Waals surface area contributed by atoms with Crippen molar-refractivity contribution in [3.05, 3.63) is 82.8 Å². The van der Waals surface area contributed by atoms with E-state index in [4.69, 9.17) is 21.0 Å². The third-order valence-electron chi connectivity index (χ3n) is 7.46. The van der Waals surface area contributed by atoms with Crippen molar-refractivity contribution in [2.45, 2.75) is 32.2 Å². The lowest BCUT2D eigenvalue weighted by atomic mass is 10.1. The normalized spacial score (nSPS) is 17.3. The van der Waals surface area contributed by atoms with Crippen LogP contribution in [0.1, 0.15) is 28.2 Å². The van der Waals surface area contributed by atoms with Gasteiger partial charge < -0.3 is 24.0 Å². The van der Waals surface area contributed by atoms with Gasteiger partial charge in [-0.3, -0.25) is 4.90 Å². The fourth-order valence-corrected chi connectivity index (χ4v) is 5.04. The molecule has 41 heavy (non-hydrogen) atoms. The molecule has 11 nitrogen and oxygen atoms in total. The highest BCUT2D eigenvalue weighted by Crippen LogP contribution is 2.25. The maximum atomic E-state index is 14.2. The van der Waals surface area contributed by atoms with Crippen molar-refractivity contribution >= 4 is 28.5 Å². The summed E-state index contributed by atoms with van der Waals surface area (Å²) < 4.78 is 27.6. The van der Waals surface area contributed by atoms with Crippen molar-refractivity contribution in [1.82, 2.24) is 24.4 Å². The number of nitrogens with zero attached hydrogens (tertiary/aromatic N) is 7. The fraction of sp³-hybridized carbons (Fsp3) is 0.345. The number of anilines is 1. The molecule has 0 unspecified atom stereocenters. The smallest absolute Gasteiger partial charge is 0.335 e. The number of aromatic carboxylic acids is 1. The molecule has 2 aliphatic heterocycles. The number of carboxylic acid groups (broad SMARTS) is 1. The second-order valence-corrected chi connectivity index (χ2v) is 10.1. The molecule has 4 heterocycles. The van der Waals surface area contributed by atoms with E-state index >= 15 is 0 Å². The Labute approximate surface area is 235 Å². The number of fused-ring (bicyclic) bond motifs is 1. The third-order valence-corrected chi connectivity index (χ3v) is 7.46. The minimum Gasteiger partial charge on any atom is -0.478 e. The monoisotopic (exact) mass is 557 g/mol. The van der Waals surface area contributed by atoms with Gasteiger partial charge in [-0.2, -0.15) is 4.98 Å². The second kappa shape index (κ2) is 11.5. The van der Waals surface area contributed by atoms with Gasteiger partial charge in [0.05, 0.1) is 42.4 Å². The molecule has 2 fully saturated rings. The number of hydrogen-bond acceptors (Lipinski definition) is 8. The van der Waals surface area contributed by atoms with Gasteiger partial charge in [-0.1, -0.05) is 12.1 Å². The minimum atomic E-state index is -0.960. The molecule has 0 aliphatic carbocycles. The molecular weight excluding hydrogens is 529 g/mol. The van der Waals surface area contributed by atoms with Gasteiger partial charge in [-0.05, 0) is 36.8 Å². The van der Waals surface area contributed by atoms with E-state index < -0.39 is 11.8 Å². The summed E-state index contributed by atoms with van der Waals surface area (Å²) >= 11 is 0. The van der Waals surface area contributed by atoms with Crippen LogP contribution >= 0.6 is 0 Å². The van der Waals surface area contributed by atoms with Crippen LogP contribution < -0.4 is 9.64 Å². The summed E-state index contributed by atoms with van der Waals surface area (Å²) in [6.07, 6.45) is 2.71. The summed E-state index contributed by atoms with van der Waals surface area (Å²) in [6, 6.07) is 11.3. The Balaban J connectivity index is 1.10. The lowest BCUT2D eigenvalue weighted by Crippen LogP contribution is -2.46. The molecule has 0 amide bonds. The minimum absolute atomic E-state index is 0.0395. The number of carboxylic acids is 1. The Kier molecular flexibility index (Phi) is 7.45. The first-order chi connectivity index (χ1) is 20.0. The van der Waals surface area contributed by atoms with Crippen LogP contribution in [0.5, 0.6) is 6.01 Å². The van der Waals surface area contributed by atoms with Crippen molar-refractivity contribution in [2.75, 3.05) is 37.7 Å². The largest absolute Gasteiger partial charge is 0.478 e. The fourth-order valence-electron chi connectivity index (χ4n) is 5.04. The van der Waals surface area contributed by atoms with Crippen molar-refractivity contribution in [3.8, 4) is 6.01 Å². The molecular formula is C29H28FN7O4. The van der Waals surface area contributed by atoms with Gasteiger partial charge in [0.2, 0.25) is 0 Å². The van der Waals surface area contributed by atoms with E-state index in [0.29, 0.717) is 18.7 Å². The molecule has 12 heteroatoms. The van der Waals surface area contributed by atoms with Crippen molar-refractivity contribution in [2.24, 2.45) is 0 Å². The Bertz CT molecular complexity index is 1620. The zero-order chi connectivity index (χ0) is 28.3. The first-order valence-electron chi connectivity index (χ1n) is 13.4. The van der Waals surface area contributed by atoms with Crippen LogP contribution in [0.4, 0.5) is 15.9 Å². The molecule has 2 aromatic heterocycles. The molecule has 6 rings (SSSR count). The standard InChI is InChI=1S/C29H28FN7O4/c1-31-21-4-2-20(23(30)15-21)18-41-29-32-8-6-26(34-29)36-11-9-35(10-12-36)17-27-33-24-5-3-19(28(38)39)14-25(24)37(27)16-22-7-13-40-22/h2-6,8,14-15,22H,7,9-13,16-18H2,(H,38,39)/t22-/m0/s1. The van der Waals surface area contributed by atoms with Gasteiger partial charge in [0.25, 0.3) is 0 Å². The molecule has 2 aliphatic rings. The van der Waals surface area contributed by atoms with E-state index in [2.05, 4.69) is 29.2 Å². The third kappa shape index (κ3) is 5.82. The highest BCUT2D eigenvalue weighted by molar-refractivity contribution is 5.92. The molecule has 210 valence electrons. The average molecular weight is 558 g/mol. The van der Waals surface area contributed by atoms with E-state index in [1.54, 1.807) is 30.5 Å². The van der Waals surface area contributed by atoms with Crippen LogP contribution in [0, 0.1) is 12.4 Å². The Hall–Kier alpha value is -4.60. The van der Waals surface area contributed by atoms with E-state index in [-0.39, 0.29) is 30.0 Å². The Morgan fingerprint density at radius 3 is 2.68 bits per heavy atom. The SMILES string of the molecule is [C-]#[N+]c1ccc(COc2nccc(N3CCN(Cc4nc5ccc(C(=O)O)cc5n4C[C@@H]4CCO4)CC3)n2)c(F)c1. The number of benzene rings is 2. The van der Waals surface area contributed by atoms with Crippen molar-refractivity contribution < 1.29 is 23.8 Å². The number of halogens is 1. The van der Waals surface area contributed by atoms with Crippen LogP contribution in [0.25, 0.3) is 15.9 Å². The number of rotatable bonds is 9. The maximum Gasteiger partial charge on any atom is 0.335 e. The number of ether oxygens (including phenoxy) is 2. The summed E-state index contributed by atoms with van der Waals surface area (Å²) in [5, 5.41) is 9.48. The van der Waals surface area contributed by atoms with Crippen LogP contribution in [0.2, 0.25) is 0 Å². The average Bonchev–Trinajstić information content (AvgIpc) is 3.30. The molecule has 2 aromatic carbocycles.